The number of aryl methyl sites for hydroxylation is 1. The van der Waals surface area contributed by atoms with Crippen molar-refractivity contribution in [3.05, 3.63) is 52.2 Å². The Labute approximate surface area is 152 Å². The van der Waals surface area contributed by atoms with Gasteiger partial charge < -0.3 is 10.2 Å². The zero-order chi connectivity index (χ0) is 17.2. The van der Waals surface area contributed by atoms with Crippen LogP contribution in [0.15, 0.2) is 41.8 Å². The van der Waals surface area contributed by atoms with Crippen LogP contribution in [0, 0.1) is 6.92 Å². The highest BCUT2D eigenvalue weighted by atomic mass is 32.2. The number of nitrogens with one attached hydrogen (secondary N) is 1. The van der Waals surface area contributed by atoms with Gasteiger partial charge in [-0.2, -0.15) is 0 Å². The number of rotatable bonds is 4. The maximum Gasteiger partial charge on any atom is 0.174 e. The zero-order valence-corrected chi connectivity index (χ0v) is 15.9. The van der Waals surface area contributed by atoms with Gasteiger partial charge in [0.25, 0.3) is 0 Å². The van der Waals surface area contributed by atoms with Crippen LogP contribution in [0.25, 0.3) is 0 Å². The third-order valence-corrected chi connectivity index (χ3v) is 7.03. The lowest BCUT2D eigenvalue weighted by atomic mass is 10.2. The second kappa shape index (κ2) is 7.21. The molecule has 1 aromatic heterocycles. The molecular formula is C17H20N2O2S3. The van der Waals surface area contributed by atoms with Gasteiger partial charge in [0.05, 0.1) is 18.1 Å². The number of thiocarbonyl (C=S) groups is 1. The summed E-state index contributed by atoms with van der Waals surface area (Å²) < 4.78 is 23.8. The molecule has 1 N–H and O–H groups in total. The van der Waals surface area contributed by atoms with Crippen LogP contribution in [-0.2, 0) is 16.4 Å². The van der Waals surface area contributed by atoms with Crippen LogP contribution < -0.4 is 5.32 Å². The smallest absolute Gasteiger partial charge is 0.174 e. The summed E-state index contributed by atoms with van der Waals surface area (Å²) >= 11 is 7.27. The number of nitrogens with zero attached hydrogens (tertiary/aromatic N) is 1. The third kappa shape index (κ3) is 4.34. The fourth-order valence-electron chi connectivity index (χ4n) is 2.88. The molecule has 0 saturated carbocycles. The zero-order valence-electron chi connectivity index (χ0n) is 13.4. The first-order chi connectivity index (χ1) is 11.4. The van der Waals surface area contributed by atoms with Crippen LogP contribution in [0.1, 0.15) is 16.9 Å². The number of sulfone groups is 1. The molecule has 1 saturated heterocycles. The Kier molecular flexibility index (Phi) is 5.22. The molecule has 1 atom stereocenters. The largest absolute Gasteiger partial charge is 0.340 e. The van der Waals surface area contributed by atoms with E-state index in [9.17, 15) is 8.42 Å². The highest BCUT2D eigenvalue weighted by molar-refractivity contribution is 7.91. The fourth-order valence-corrected chi connectivity index (χ4v) is 5.64. The Morgan fingerprint density at radius 3 is 2.83 bits per heavy atom. The molecule has 0 radical (unpaired) electrons. The molecule has 0 unspecified atom stereocenters. The Bertz CT molecular complexity index is 816. The normalized spacial score (nSPS) is 19.1. The number of hydrogen-bond donors (Lipinski definition) is 1. The van der Waals surface area contributed by atoms with Crippen molar-refractivity contribution in [1.82, 2.24) is 4.90 Å². The average Bonchev–Trinajstić information content (AvgIpc) is 3.14. The van der Waals surface area contributed by atoms with Gasteiger partial charge in [0, 0.05) is 16.6 Å². The lowest BCUT2D eigenvalue weighted by molar-refractivity contribution is 0.335. The maximum absolute atomic E-state index is 11.9. The van der Waals surface area contributed by atoms with Gasteiger partial charge in [-0.05, 0) is 54.7 Å². The Hall–Kier alpha value is -1.44. The van der Waals surface area contributed by atoms with E-state index in [0.29, 0.717) is 18.1 Å². The van der Waals surface area contributed by atoms with Crippen molar-refractivity contribution in [2.24, 2.45) is 0 Å². The van der Waals surface area contributed by atoms with Crippen LogP contribution in [0.4, 0.5) is 5.69 Å². The van der Waals surface area contributed by atoms with Crippen LogP contribution in [0.3, 0.4) is 0 Å². The van der Waals surface area contributed by atoms with Gasteiger partial charge in [-0.25, -0.2) is 8.42 Å². The minimum Gasteiger partial charge on any atom is -0.340 e. The van der Waals surface area contributed by atoms with Gasteiger partial charge in [0.15, 0.2) is 14.9 Å². The highest BCUT2D eigenvalue weighted by Gasteiger charge is 2.33. The minimum atomic E-state index is -2.96. The molecule has 0 bridgehead atoms. The van der Waals surface area contributed by atoms with E-state index < -0.39 is 9.84 Å². The van der Waals surface area contributed by atoms with Crippen LogP contribution in [-0.4, -0.2) is 36.0 Å². The summed E-state index contributed by atoms with van der Waals surface area (Å²) in [5, 5.41) is 5.87. The lowest BCUT2D eigenvalue weighted by Crippen LogP contribution is -2.42. The van der Waals surface area contributed by atoms with Crippen molar-refractivity contribution in [2.75, 3.05) is 16.8 Å². The SMILES string of the molecule is Cc1cccc(NC(=S)N(Cc2cccs2)[C@@H]2CCS(=O)(=O)C2)c1. The van der Waals surface area contributed by atoms with Crippen molar-refractivity contribution in [2.45, 2.75) is 25.9 Å². The molecule has 1 aliphatic rings. The Morgan fingerprint density at radius 2 is 2.21 bits per heavy atom. The first-order valence-electron chi connectivity index (χ1n) is 7.80. The summed E-state index contributed by atoms with van der Waals surface area (Å²) in [5.41, 5.74) is 2.08. The van der Waals surface area contributed by atoms with E-state index in [-0.39, 0.29) is 17.5 Å². The van der Waals surface area contributed by atoms with Crippen molar-refractivity contribution in [3.8, 4) is 0 Å². The molecule has 128 valence electrons. The van der Waals surface area contributed by atoms with Crippen LogP contribution in [0.5, 0.6) is 0 Å². The van der Waals surface area contributed by atoms with Gasteiger partial charge in [0.1, 0.15) is 0 Å². The average molecular weight is 381 g/mol. The van der Waals surface area contributed by atoms with E-state index in [4.69, 9.17) is 12.2 Å². The first-order valence-corrected chi connectivity index (χ1v) is 10.9. The molecule has 7 heteroatoms. The minimum absolute atomic E-state index is 0.0677. The van der Waals surface area contributed by atoms with Crippen molar-refractivity contribution in [1.29, 1.82) is 0 Å². The third-order valence-electron chi connectivity index (χ3n) is 4.09. The molecule has 1 fully saturated rings. The maximum atomic E-state index is 11.9. The number of benzene rings is 1. The van der Waals surface area contributed by atoms with Crippen molar-refractivity contribution in [3.63, 3.8) is 0 Å². The Balaban J connectivity index is 1.79. The monoisotopic (exact) mass is 380 g/mol. The van der Waals surface area contributed by atoms with Gasteiger partial charge in [-0.15, -0.1) is 11.3 Å². The van der Waals surface area contributed by atoms with Gasteiger partial charge in [0.2, 0.25) is 0 Å². The predicted molar refractivity (Wildman–Crippen MR) is 104 cm³/mol. The first kappa shape index (κ1) is 17.4. The van der Waals surface area contributed by atoms with Crippen LogP contribution >= 0.6 is 23.6 Å². The molecule has 2 heterocycles. The Morgan fingerprint density at radius 1 is 1.38 bits per heavy atom. The molecular weight excluding hydrogens is 360 g/mol. The van der Waals surface area contributed by atoms with Gasteiger partial charge in [-0.3, -0.25) is 0 Å². The van der Waals surface area contributed by atoms with E-state index in [2.05, 4.69) is 11.4 Å². The molecule has 0 spiro atoms. The van der Waals surface area contributed by atoms with E-state index in [1.165, 1.54) is 4.88 Å². The summed E-state index contributed by atoms with van der Waals surface area (Å²) in [6.45, 7) is 2.66. The number of anilines is 1. The molecule has 0 aliphatic carbocycles. The number of hydrogen-bond acceptors (Lipinski definition) is 4. The lowest BCUT2D eigenvalue weighted by Gasteiger charge is -2.30. The second-order valence-corrected chi connectivity index (χ2v) is 9.71. The summed E-state index contributed by atoms with van der Waals surface area (Å²) in [7, 11) is -2.96. The summed E-state index contributed by atoms with van der Waals surface area (Å²) in [6, 6.07) is 12.0. The summed E-state index contributed by atoms with van der Waals surface area (Å²) in [5.74, 6) is 0.416. The molecule has 4 nitrogen and oxygen atoms in total. The molecule has 1 aromatic carbocycles. The number of thiophene rings is 1. The van der Waals surface area contributed by atoms with E-state index in [1.807, 2.05) is 47.5 Å². The second-order valence-electron chi connectivity index (χ2n) is 6.06. The molecule has 0 amide bonds. The van der Waals surface area contributed by atoms with Crippen LogP contribution in [0.2, 0.25) is 0 Å². The quantitative estimate of drug-likeness (QED) is 0.824. The fraction of sp³-hybridized carbons (Fsp3) is 0.353. The molecule has 2 aromatic rings. The van der Waals surface area contributed by atoms with E-state index in [1.54, 1.807) is 11.3 Å². The van der Waals surface area contributed by atoms with Crippen molar-refractivity contribution >= 4 is 44.2 Å². The standard InChI is InChI=1S/C17H20N2O2S3/c1-13-4-2-5-14(10-13)18-17(22)19(11-16-6-3-8-23-16)15-7-9-24(20,21)12-15/h2-6,8,10,15H,7,9,11-12H2,1H3,(H,18,22)/t15-/m1/s1. The summed E-state index contributed by atoms with van der Waals surface area (Å²) in [4.78, 5) is 3.20. The summed E-state index contributed by atoms with van der Waals surface area (Å²) in [6.07, 6.45) is 0.628. The van der Waals surface area contributed by atoms with Crippen molar-refractivity contribution < 1.29 is 8.42 Å². The molecule has 1 aliphatic heterocycles. The molecule has 24 heavy (non-hydrogen) atoms. The molecule has 3 rings (SSSR count). The highest BCUT2D eigenvalue weighted by Crippen LogP contribution is 2.23. The van der Waals surface area contributed by atoms with E-state index in [0.717, 1.165) is 11.3 Å². The van der Waals surface area contributed by atoms with E-state index >= 15 is 0 Å². The van der Waals surface area contributed by atoms with Gasteiger partial charge >= 0.3 is 0 Å². The topological polar surface area (TPSA) is 49.4 Å². The predicted octanol–water partition coefficient (Wildman–Crippen LogP) is 3.44. The van der Waals surface area contributed by atoms with Gasteiger partial charge in [-0.1, -0.05) is 18.2 Å².